The number of hydrogen-bond donors (Lipinski definition) is 1. The maximum Gasteiger partial charge on any atom is 0.124 e. The highest BCUT2D eigenvalue weighted by Crippen LogP contribution is 2.42. The van der Waals surface area contributed by atoms with Gasteiger partial charge in [-0.25, -0.2) is 0 Å². The number of hydrogen-bond acceptors (Lipinski definition) is 1. The van der Waals surface area contributed by atoms with Crippen LogP contribution in [0.3, 0.4) is 0 Å². The Morgan fingerprint density at radius 2 is 1.37 bits per heavy atom. The van der Waals surface area contributed by atoms with Crippen molar-refractivity contribution in [2.75, 3.05) is 0 Å². The molecular formula is C24H14ClNO. The summed E-state index contributed by atoms with van der Waals surface area (Å²) in [6.45, 7) is 0. The summed E-state index contributed by atoms with van der Waals surface area (Å²) >= 11 is 6.39. The van der Waals surface area contributed by atoms with Crippen LogP contribution in [-0.4, -0.2) is 9.51 Å². The number of fused-ring (bicyclic) bond motifs is 6. The lowest BCUT2D eigenvalue weighted by atomic mass is 10.0. The Morgan fingerprint density at radius 1 is 0.667 bits per heavy atom. The summed E-state index contributed by atoms with van der Waals surface area (Å²) in [5, 5.41) is 15.9. The molecule has 2 aromatic heterocycles. The van der Waals surface area contributed by atoms with E-state index in [1.54, 1.807) is 12.1 Å². The van der Waals surface area contributed by atoms with Crippen molar-refractivity contribution in [3.8, 4) is 16.9 Å². The molecule has 0 aliphatic carbocycles. The minimum atomic E-state index is 0.195. The highest BCUT2D eigenvalue weighted by Gasteiger charge is 2.18. The third kappa shape index (κ3) is 1.85. The normalized spacial score (nSPS) is 12.0. The van der Waals surface area contributed by atoms with Crippen LogP contribution >= 0.6 is 11.6 Å². The van der Waals surface area contributed by atoms with Gasteiger partial charge in [0.15, 0.2) is 0 Å². The molecule has 0 amide bonds. The monoisotopic (exact) mass is 367 g/mol. The van der Waals surface area contributed by atoms with E-state index in [1.165, 1.54) is 32.6 Å². The average Bonchev–Trinajstić information content (AvgIpc) is 3.19. The molecule has 0 bridgehead atoms. The van der Waals surface area contributed by atoms with Gasteiger partial charge in [-0.3, -0.25) is 0 Å². The number of halogens is 1. The first-order valence-electron chi connectivity index (χ1n) is 8.89. The van der Waals surface area contributed by atoms with Gasteiger partial charge in [0.2, 0.25) is 0 Å². The zero-order valence-electron chi connectivity index (χ0n) is 14.3. The quantitative estimate of drug-likeness (QED) is 0.337. The number of phenolic OH excluding ortho intramolecular Hbond substituents is 1. The zero-order chi connectivity index (χ0) is 18.1. The van der Waals surface area contributed by atoms with Gasteiger partial charge in [-0.15, -0.1) is 0 Å². The summed E-state index contributed by atoms with van der Waals surface area (Å²) in [6, 6.07) is 26.5. The summed E-state index contributed by atoms with van der Waals surface area (Å²) in [5.74, 6) is 0.195. The second-order valence-corrected chi connectivity index (χ2v) is 7.33. The van der Waals surface area contributed by atoms with Crippen molar-refractivity contribution in [3.63, 3.8) is 0 Å². The van der Waals surface area contributed by atoms with Gasteiger partial charge in [0.05, 0.1) is 21.6 Å². The van der Waals surface area contributed by atoms with Crippen LogP contribution in [0, 0.1) is 0 Å². The lowest BCUT2D eigenvalue weighted by molar-refractivity contribution is 0.477. The van der Waals surface area contributed by atoms with Crippen LogP contribution in [0.2, 0.25) is 5.02 Å². The number of para-hydroxylation sites is 2. The van der Waals surface area contributed by atoms with Crippen LogP contribution in [-0.2, 0) is 0 Å². The SMILES string of the molecule is Oc1cccc(Cl)c1-c1ccc2c3cccc4c5ccccc5n(c2c1)c43. The number of nitrogens with zero attached hydrogens (tertiary/aromatic N) is 1. The van der Waals surface area contributed by atoms with Crippen molar-refractivity contribution < 1.29 is 5.11 Å². The topological polar surface area (TPSA) is 24.6 Å². The molecule has 0 radical (unpaired) electrons. The van der Waals surface area contributed by atoms with Crippen LogP contribution in [0.25, 0.3) is 49.2 Å². The molecule has 3 heteroatoms. The van der Waals surface area contributed by atoms with E-state index in [9.17, 15) is 5.11 Å². The highest BCUT2D eigenvalue weighted by molar-refractivity contribution is 6.34. The molecule has 2 heterocycles. The van der Waals surface area contributed by atoms with Crippen LogP contribution in [0.4, 0.5) is 0 Å². The molecule has 1 N–H and O–H groups in total. The molecular weight excluding hydrogens is 354 g/mol. The highest BCUT2D eigenvalue weighted by atomic mass is 35.5. The van der Waals surface area contributed by atoms with Crippen molar-refractivity contribution in [1.29, 1.82) is 0 Å². The maximum atomic E-state index is 10.4. The van der Waals surface area contributed by atoms with Crippen LogP contribution < -0.4 is 0 Å². The van der Waals surface area contributed by atoms with Gasteiger partial charge in [0, 0.05) is 27.1 Å². The van der Waals surface area contributed by atoms with Gasteiger partial charge in [0.25, 0.3) is 0 Å². The van der Waals surface area contributed by atoms with Crippen molar-refractivity contribution in [1.82, 2.24) is 4.40 Å². The second-order valence-electron chi connectivity index (χ2n) is 6.92. The Balaban J connectivity index is 1.83. The van der Waals surface area contributed by atoms with Gasteiger partial charge < -0.3 is 9.51 Å². The molecule has 0 spiro atoms. The summed E-state index contributed by atoms with van der Waals surface area (Å²) in [6.07, 6.45) is 0. The third-order valence-electron chi connectivity index (χ3n) is 5.50. The molecule has 0 aliphatic heterocycles. The van der Waals surface area contributed by atoms with Gasteiger partial charge in [0.1, 0.15) is 5.75 Å². The Bertz CT molecular complexity index is 1480. The summed E-state index contributed by atoms with van der Waals surface area (Å²) in [7, 11) is 0. The molecule has 0 unspecified atom stereocenters. The van der Waals surface area contributed by atoms with E-state index in [-0.39, 0.29) is 5.75 Å². The molecule has 128 valence electrons. The average molecular weight is 368 g/mol. The van der Waals surface area contributed by atoms with E-state index >= 15 is 0 Å². The van der Waals surface area contributed by atoms with Crippen molar-refractivity contribution >= 4 is 49.7 Å². The van der Waals surface area contributed by atoms with Crippen LogP contribution in [0.5, 0.6) is 5.75 Å². The van der Waals surface area contributed by atoms with Gasteiger partial charge in [-0.1, -0.05) is 66.2 Å². The van der Waals surface area contributed by atoms with E-state index in [0.717, 1.165) is 11.1 Å². The Kier molecular flexibility index (Phi) is 2.84. The number of rotatable bonds is 1. The number of phenols is 1. The lowest BCUT2D eigenvalue weighted by Crippen LogP contribution is -1.84. The fraction of sp³-hybridized carbons (Fsp3) is 0. The molecule has 6 rings (SSSR count). The molecule has 4 aromatic carbocycles. The van der Waals surface area contributed by atoms with Crippen molar-refractivity contribution in [3.05, 3.63) is 83.9 Å². The molecule has 2 nitrogen and oxygen atoms in total. The lowest BCUT2D eigenvalue weighted by Gasteiger charge is -2.08. The first-order valence-corrected chi connectivity index (χ1v) is 9.26. The van der Waals surface area contributed by atoms with Crippen molar-refractivity contribution in [2.24, 2.45) is 0 Å². The van der Waals surface area contributed by atoms with Crippen LogP contribution in [0.1, 0.15) is 0 Å². The van der Waals surface area contributed by atoms with E-state index in [1.807, 2.05) is 12.1 Å². The van der Waals surface area contributed by atoms with Crippen LogP contribution in [0.15, 0.2) is 78.9 Å². The minimum Gasteiger partial charge on any atom is -0.507 e. The molecule has 27 heavy (non-hydrogen) atoms. The molecule has 0 saturated carbocycles. The van der Waals surface area contributed by atoms with E-state index in [2.05, 4.69) is 59.0 Å². The van der Waals surface area contributed by atoms with Gasteiger partial charge in [-0.2, -0.15) is 0 Å². The number of benzene rings is 4. The predicted octanol–water partition coefficient (Wildman–Crippen LogP) is 6.86. The summed E-state index contributed by atoms with van der Waals surface area (Å²) < 4.78 is 2.33. The first kappa shape index (κ1) is 14.9. The Morgan fingerprint density at radius 3 is 2.19 bits per heavy atom. The second kappa shape index (κ2) is 5.15. The smallest absolute Gasteiger partial charge is 0.124 e. The maximum absolute atomic E-state index is 10.4. The van der Waals surface area contributed by atoms with E-state index < -0.39 is 0 Å². The van der Waals surface area contributed by atoms with Crippen molar-refractivity contribution in [2.45, 2.75) is 0 Å². The standard InChI is InChI=1S/C24H14ClNO/c25-19-8-4-10-22(27)23(19)14-11-12-16-18-7-3-6-17-15-5-1-2-9-20(15)26(24(17)18)21(16)13-14/h1-13,27H. The fourth-order valence-corrected chi connectivity index (χ4v) is 4.66. The fourth-order valence-electron chi connectivity index (χ4n) is 4.38. The number of aromatic nitrogens is 1. The Labute approximate surface area is 160 Å². The zero-order valence-corrected chi connectivity index (χ0v) is 15.0. The molecule has 0 fully saturated rings. The predicted molar refractivity (Wildman–Crippen MR) is 113 cm³/mol. The largest absolute Gasteiger partial charge is 0.507 e. The van der Waals surface area contributed by atoms with E-state index in [0.29, 0.717) is 10.6 Å². The molecule has 6 aromatic rings. The molecule has 0 saturated heterocycles. The summed E-state index contributed by atoms with van der Waals surface area (Å²) in [4.78, 5) is 0. The summed E-state index contributed by atoms with van der Waals surface area (Å²) in [5.41, 5.74) is 5.15. The molecule has 0 aliphatic rings. The Hall–Kier alpha value is -3.23. The van der Waals surface area contributed by atoms with Gasteiger partial charge >= 0.3 is 0 Å². The first-order chi connectivity index (χ1) is 13.2. The van der Waals surface area contributed by atoms with E-state index in [4.69, 9.17) is 11.6 Å². The number of aromatic hydroxyl groups is 1. The third-order valence-corrected chi connectivity index (χ3v) is 5.82. The van der Waals surface area contributed by atoms with Gasteiger partial charge in [-0.05, 0) is 29.8 Å². The minimum absolute atomic E-state index is 0.195. The molecule has 0 atom stereocenters.